The zero-order chi connectivity index (χ0) is 13.6. The van der Waals surface area contributed by atoms with Crippen molar-refractivity contribution in [3.8, 4) is 0 Å². The number of rotatable bonds is 6. The maximum Gasteiger partial charge on any atom is 0.241 e. The van der Waals surface area contributed by atoms with Crippen LogP contribution < -0.4 is 5.32 Å². The molecule has 1 fully saturated rings. The summed E-state index contributed by atoms with van der Waals surface area (Å²) in [6, 6.07) is 0. The highest BCUT2D eigenvalue weighted by atomic mass is 16.2. The summed E-state index contributed by atoms with van der Waals surface area (Å²) in [7, 11) is 0. The highest BCUT2D eigenvalue weighted by Crippen LogP contribution is 2.25. The van der Waals surface area contributed by atoms with Gasteiger partial charge < -0.3 is 10.2 Å². The Bertz CT molecular complexity index is 300. The Hall–Kier alpha value is -1.06. The largest absolute Gasteiger partial charge is 0.347 e. The quantitative estimate of drug-likeness (QED) is 0.736. The zero-order valence-corrected chi connectivity index (χ0v) is 11.9. The number of amides is 2. The molecular weight excluding hydrogens is 228 g/mol. The lowest BCUT2D eigenvalue weighted by atomic mass is 9.86. The van der Waals surface area contributed by atoms with Gasteiger partial charge in [-0.15, -0.1) is 0 Å². The fraction of sp³-hybridized carbons (Fsp3) is 0.857. The van der Waals surface area contributed by atoms with Crippen molar-refractivity contribution in [2.45, 2.75) is 52.9 Å². The van der Waals surface area contributed by atoms with Crippen LogP contribution >= 0.6 is 0 Å². The van der Waals surface area contributed by atoms with Gasteiger partial charge in [-0.2, -0.15) is 0 Å². The Kier molecular flexibility index (Phi) is 5.63. The smallest absolute Gasteiger partial charge is 0.241 e. The van der Waals surface area contributed by atoms with Crippen molar-refractivity contribution in [1.29, 1.82) is 0 Å². The molecule has 0 spiro atoms. The number of nitrogens with zero attached hydrogens (tertiary/aromatic N) is 1. The normalized spacial score (nSPS) is 17.6. The van der Waals surface area contributed by atoms with Crippen molar-refractivity contribution < 1.29 is 9.59 Å². The van der Waals surface area contributed by atoms with E-state index < -0.39 is 0 Å². The highest BCUT2D eigenvalue weighted by Gasteiger charge is 2.26. The molecule has 0 radical (unpaired) electrons. The van der Waals surface area contributed by atoms with E-state index >= 15 is 0 Å². The Morgan fingerprint density at radius 1 is 1.28 bits per heavy atom. The summed E-state index contributed by atoms with van der Waals surface area (Å²) in [5.74, 6) is 0.0269. The van der Waals surface area contributed by atoms with Crippen molar-refractivity contribution in [1.82, 2.24) is 10.2 Å². The number of unbranched alkanes of at least 4 members (excludes halogenated alkanes) is 2. The Balaban J connectivity index is 2.47. The van der Waals surface area contributed by atoms with Crippen LogP contribution in [0.25, 0.3) is 0 Å². The molecule has 0 unspecified atom stereocenters. The van der Waals surface area contributed by atoms with Gasteiger partial charge in [0.2, 0.25) is 11.8 Å². The number of carbonyl (C=O) groups is 2. The lowest BCUT2D eigenvalue weighted by molar-refractivity contribution is -0.131. The first-order valence-electron chi connectivity index (χ1n) is 6.99. The van der Waals surface area contributed by atoms with Gasteiger partial charge in [-0.3, -0.25) is 9.59 Å². The van der Waals surface area contributed by atoms with Crippen LogP contribution in [0.4, 0.5) is 0 Å². The third-order valence-electron chi connectivity index (χ3n) is 3.47. The summed E-state index contributed by atoms with van der Waals surface area (Å²) < 4.78 is 0. The van der Waals surface area contributed by atoms with Crippen LogP contribution in [-0.2, 0) is 9.59 Å². The van der Waals surface area contributed by atoms with E-state index in [2.05, 4.69) is 26.1 Å². The van der Waals surface area contributed by atoms with Gasteiger partial charge in [0, 0.05) is 19.5 Å². The van der Waals surface area contributed by atoms with Gasteiger partial charge in [-0.1, -0.05) is 40.0 Å². The van der Waals surface area contributed by atoms with Crippen LogP contribution in [0, 0.1) is 5.41 Å². The number of nitrogens with one attached hydrogen (secondary N) is 1. The monoisotopic (exact) mass is 254 g/mol. The molecular formula is C14H26N2O2. The Morgan fingerprint density at radius 3 is 2.67 bits per heavy atom. The molecule has 0 aromatic heterocycles. The molecule has 0 atom stereocenters. The van der Waals surface area contributed by atoms with Crippen LogP contribution in [0.2, 0.25) is 0 Å². The zero-order valence-electron chi connectivity index (χ0n) is 11.9. The number of carbonyl (C=O) groups excluding carboxylic acids is 2. The second-order valence-electron chi connectivity index (χ2n) is 5.96. The molecule has 1 rings (SSSR count). The summed E-state index contributed by atoms with van der Waals surface area (Å²) >= 11 is 0. The van der Waals surface area contributed by atoms with Crippen LogP contribution in [0.3, 0.4) is 0 Å². The molecule has 1 aliphatic rings. The van der Waals surface area contributed by atoms with E-state index in [9.17, 15) is 9.59 Å². The maximum atomic E-state index is 11.9. The summed E-state index contributed by atoms with van der Waals surface area (Å²) in [6.07, 6.45) is 5.24. The van der Waals surface area contributed by atoms with Crippen LogP contribution in [-0.4, -0.2) is 36.3 Å². The van der Waals surface area contributed by atoms with Gasteiger partial charge in [0.1, 0.15) is 0 Å². The summed E-state index contributed by atoms with van der Waals surface area (Å²) in [5, 5.41) is 2.63. The van der Waals surface area contributed by atoms with Gasteiger partial charge in [-0.05, 0) is 11.8 Å². The maximum absolute atomic E-state index is 11.9. The predicted octanol–water partition coefficient (Wildman–Crippen LogP) is 1.94. The molecule has 0 saturated carbocycles. The molecule has 1 heterocycles. The molecule has 1 aliphatic heterocycles. The fourth-order valence-electron chi connectivity index (χ4n) is 2.35. The van der Waals surface area contributed by atoms with Gasteiger partial charge in [0.05, 0.1) is 6.54 Å². The molecule has 2 amide bonds. The van der Waals surface area contributed by atoms with Crippen LogP contribution in [0.5, 0.6) is 0 Å². The third-order valence-corrected chi connectivity index (χ3v) is 3.47. The van der Waals surface area contributed by atoms with Crippen molar-refractivity contribution in [3.05, 3.63) is 0 Å². The predicted molar refractivity (Wildman–Crippen MR) is 72.1 cm³/mol. The molecule has 0 bridgehead atoms. The minimum atomic E-state index is -0.0189. The fourth-order valence-corrected chi connectivity index (χ4v) is 2.35. The molecule has 0 aromatic rings. The molecule has 4 nitrogen and oxygen atoms in total. The molecule has 0 aliphatic carbocycles. The van der Waals surface area contributed by atoms with E-state index in [0.717, 1.165) is 13.0 Å². The minimum absolute atomic E-state index is 0.0189. The first-order chi connectivity index (χ1) is 8.44. The average molecular weight is 254 g/mol. The van der Waals surface area contributed by atoms with Crippen molar-refractivity contribution in [2.24, 2.45) is 5.41 Å². The van der Waals surface area contributed by atoms with E-state index in [1.807, 2.05) is 4.90 Å². The van der Waals surface area contributed by atoms with Crippen molar-refractivity contribution >= 4 is 11.8 Å². The molecule has 1 saturated heterocycles. The number of hydrogen-bond donors (Lipinski definition) is 1. The second kappa shape index (κ2) is 6.76. The lowest BCUT2D eigenvalue weighted by Gasteiger charge is -2.32. The standard InChI is InChI=1S/C14H26N2O2/c1-4-5-6-8-14(2,3)11-16-9-7-12(17)15-10-13(16)18/h4-11H2,1-3H3,(H,15,17). The molecule has 4 heteroatoms. The molecule has 18 heavy (non-hydrogen) atoms. The first kappa shape index (κ1) is 15.0. The lowest BCUT2D eigenvalue weighted by Crippen LogP contribution is -2.41. The first-order valence-corrected chi connectivity index (χ1v) is 6.99. The van der Waals surface area contributed by atoms with Crippen molar-refractivity contribution in [2.75, 3.05) is 19.6 Å². The third kappa shape index (κ3) is 5.07. The van der Waals surface area contributed by atoms with Crippen LogP contribution in [0.15, 0.2) is 0 Å². The van der Waals surface area contributed by atoms with E-state index in [1.54, 1.807) is 0 Å². The molecule has 1 N–H and O–H groups in total. The van der Waals surface area contributed by atoms with Gasteiger partial charge in [-0.25, -0.2) is 0 Å². The minimum Gasteiger partial charge on any atom is -0.347 e. The number of hydrogen-bond acceptors (Lipinski definition) is 2. The summed E-state index contributed by atoms with van der Waals surface area (Å²) in [4.78, 5) is 25.0. The summed E-state index contributed by atoms with van der Waals surface area (Å²) in [5.41, 5.74) is 0.137. The van der Waals surface area contributed by atoms with Crippen LogP contribution in [0.1, 0.15) is 52.9 Å². The average Bonchev–Trinajstić information content (AvgIpc) is 2.44. The highest BCUT2D eigenvalue weighted by molar-refractivity contribution is 5.87. The van der Waals surface area contributed by atoms with E-state index in [4.69, 9.17) is 0 Å². The van der Waals surface area contributed by atoms with Gasteiger partial charge in [0.15, 0.2) is 0 Å². The summed E-state index contributed by atoms with van der Waals surface area (Å²) in [6.45, 7) is 8.07. The van der Waals surface area contributed by atoms with Gasteiger partial charge in [0.25, 0.3) is 0 Å². The van der Waals surface area contributed by atoms with E-state index in [0.29, 0.717) is 13.0 Å². The van der Waals surface area contributed by atoms with E-state index in [1.165, 1.54) is 19.3 Å². The molecule has 104 valence electrons. The second-order valence-corrected chi connectivity index (χ2v) is 5.96. The van der Waals surface area contributed by atoms with E-state index in [-0.39, 0.29) is 23.8 Å². The SMILES string of the molecule is CCCCCC(C)(C)CN1CCC(=O)NCC1=O. The Labute approximate surface area is 110 Å². The topological polar surface area (TPSA) is 49.4 Å². The Morgan fingerprint density at radius 2 is 2.00 bits per heavy atom. The van der Waals surface area contributed by atoms with Gasteiger partial charge >= 0.3 is 0 Å². The van der Waals surface area contributed by atoms with Crippen molar-refractivity contribution in [3.63, 3.8) is 0 Å². The molecule has 0 aromatic carbocycles.